The zero-order valence-corrected chi connectivity index (χ0v) is 12.6. The van der Waals surface area contributed by atoms with Gasteiger partial charge in [-0.05, 0) is 43.2 Å². The number of benzene rings is 1. The van der Waals surface area contributed by atoms with Crippen molar-refractivity contribution < 1.29 is 14.7 Å². The molecule has 6 heteroatoms. The van der Waals surface area contributed by atoms with Crippen LogP contribution in [0.4, 0.5) is 5.13 Å². The summed E-state index contributed by atoms with van der Waals surface area (Å²) < 4.78 is 1.00. The van der Waals surface area contributed by atoms with Crippen molar-refractivity contribution in [3.05, 3.63) is 24.3 Å². The summed E-state index contributed by atoms with van der Waals surface area (Å²) in [7, 11) is 0. The summed E-state index contributed by atoms with van der Waals surface area (Å²) in [5, 5.41) is 14.7. The van der Waals surface area contributed by atoms with Crippen molar-refractivity contribution in [3.8, 4) is 0 Å². The minimum atomic E-state index is -1.09. The molecule has 0 unspecified atom stereocenters. The van der Waals surface area contributed by atoms with Crippen LogP contribution >= 0.6 is 11.3 Å². The molecule has 2 aliphatic carbocycles. The number of rotatable bonds is 3. The van der Waals surface area contributed by atoms with E-state index in [0.29, 0.717) is 5.13 Å². The lowest BCUT2D eigenvalue weighted by molar-refractivity contribution is -0.314. The first-order valence-electron chi connectivity index (χ1n) is 7.51. The molecule has 22 heavy (non-hydrogen) atoms. The van der Waals surface area contributed by atoms with Crippen molar-refractivity contribution >= 4 is 38.6 Å². The van der Waals surface area contributed by atoms with Gasteiger partial charge in [-0.3, -0.25) is 4.79 Å². The van der Waals surface area contributed by atoms with Gasteiger partial charge in [-0.15, -0.1) is 0 Å². The Bertz CT molecular complexity index is 724. The number of carbonyl (C=O) groups excluding carboxylic acids is 2. The van der Waals surface area contributed by atoms with Gasteiger partial charge in [0.05, 0.1) is 10.2 Å². The Morgan fingerprint density at radius 3 is 2.64 bits per heavy atom. The number of carboxylic acids is 1. The van der Waals surface area contributed by atoms with Crippen LogP contribution in [0.25, 0.3) is 10.2 Å². The van der Waals surface area contributed by atoms with Gasteiger partial charge in [-0.2, -0.15) is 0 Å². The van der Waals surface area contributed by atoms with Crippen LogP contribution in [0.1, 0.15) is 19.3 Å². The molecule has 2 aliphatic rings. The van der Waals surface area contributed by atoms with Crippen LogP contribution < -0.4 is 10.4 Å². The molecule has 1 aromatic heterocycles. The number of nitrogens with one attached hydrogen (secondary N) is 1. The molecule has 0 saturated heterocycles. The van der Waals surface area contributed by atoms with E-state index < -0.39 is 17.8 Å². The van der Waals surface area contributed by atoms with Gasteiger partial charge in [0, 0.05) is 17.8 Å². The molecule has 114 valence electrons. The molecule has 4 atom stereocenters. The summed E-state index contributed by atoms with van der Waals surface area (Å²) >= 11 is 1.41. The molecule has 1 aromatic carbocycles. The Kier molecular flexibility index (Phi) is 3.14. The fourth-order valence-corrected chi connectivity index (χ4v) is 4.99. The molecule has 2 aromatic rings. The number of fused-ring (bicyclic) bond motifs is 3. The molecule has 4 rings (SSSR count). The zero-order valence-electron chi connectivity index (χ0n) is 11.8. The van der Waals surface area contributed by atoms with Gasteiger partial charge in [-0.1, -0.05) is 23.5 Å². The number of hydrogen-bond acceptors (Lipinski definition) is 5. The normalized spacial score (nSPS) is 29.8. The summed E-state index contributed by atoms with van der Waals surface area (Å²) in [6, 6.07) is 7.66. The first-order chi connectivity index (χ1) is 10.6. The van der Waals surface area contributed by atoms with E-state index >= 15 is 0 Å². The lowest BCUT2D eigenvalue weighted by Gasteiger charge is -2.30. The number of anilines is 1. The minimum Gasteiger partial charge on any atom is -0.550 e. The van der Waals surface area contributed by atoms with Crippen LogP contribution in [0.3, 0.4) is 0 Å². The average molecular weight is 315 g/mol. The molecule has 0 spiro atoms. The molecular formula is C16H15N2O3S-. The van der Waals surface area contributed by atoms with Gasteiger partial charge < -0.3 is 15.2 Å². The van der Waals surface area contributed by atoms with Crippen LogP contribution in [0, 0.1) is 23.7 Å². The maximum Gasteiger partial charge on any atom is 0.230 e. The Labute approximate surface area is 131 Å². The monoisotopic (exact) mass is 315 g/mol. The van der Waals surface area contributed by atoms with Crippen LogP contribution in [-0.4, -0.2) is 16.9 Å². The molecule has 0 radical (unpaired) electrons. The van der Waals surface area contributed by atoms with Crippen molar-refractivity contribution in [2.45, 2.75) is 19.3 Å². The summed E-state index contributed by atoms with van der Waals surface area (Å²) in [6.45, 7) is 0. The Hall–Kier alpha value is -1.95. The second-order valence-corrected chi connectivity index (χ2v) is 7.21. The molecule has 5 nitrogen and oxygen atoms in total. The third kappa shape index (κ3) is 2.09. The fraction of sp³-hybridized carbons (Fsp3) is 0.438. The van der Waals surface area contributed by atoms with E-state index in [1.54, 1.807) is 0 Å². The number of carboxylic acid groups (broad SMARTS) is 1. The molecule has 2 saturated carbocycles. The lowest BCUT2D eigenvalue weighted by atomic mass is 9.79. The highest BCUT2D eigenvalue weighted by Crippen LogP contribution is 2.52. The van der Waals surface area contributed by atoms with Crippen LogP contribution in [0.15, 0.2) is 24.3 Å². The minimum absolute atomic E-state index is 0.0983. The highest BCUT2D eigenvalue weighted by Gasteiger charge is 2.51. The predicted octanol–water partition coefficient (Wildman–Crippen LogP) is 1.65. The number of hydrogen-bond donors (Lipinski definition) is 1. The van der Waals surface area contributed by atoms with Crippen molar-refractivity contribution in [2.75, 3.05) is 5.32 Å². The van der Waals surface area contributed by atoms with Gasteiger partial charge in [0.15, 0.2) is 5.13 Å². The van der Waals surface area contributed by atoms with Crippen molar-refractivity contribution in [1.29, 1.82) is 0 Å². The second kappa shape index (κ2) is 5.05. The Morgan fingerprint density at radius 1 is 1.18 bits per heavy atom. The lowest BCUT2D eigenvalue weighted by Crippen LogP contribution is -2.43. The number of carbonyl (C=O) groups is 2. The van der Waals surface area contributed by atoms with E-state index in [-0.39, 0.29) is 17.7 Å². The van der Waals surface area contributed by atoms with E-state index in [1.165, 1.54) is 11.3 Å². The highest BCUT2D eigenvalue weighted by atomic mass is 32.1. The first kappa shape index (κ1) is 13.7. The van der Waals surface area contributed by atoms with Gasteiger partial charge >= 0.3 is 0 Å². The number of thiazole rings is 1. The topological polar surface area (TPSA) is 82.1 Å². The molecule has 2 bridgehead atoms. The number of amides is 1. The largest absolute Gasteiger partial charge is 0.550 e. The molecule has 1 amide bonds. The quantitative estimate of drug-likeness (QED) is 0.933. The van der Waals surface area contributed by atoms with Crippen LogP contribution in [-0.2, 0) is 9.59 Å². The first-order valence-corrected chi connectivity index (χ1v) is 8.32. The SMILES string of the molecule is O=C(Nc1nc2ccccc2s1)[C@@H]1[C@@H]2CC[C@@H](C2)[C@@H]1C(=O)[O-]. The van der Waals surface area contributed by atoms with Crippen molar-refractivity contribution in [1.82, 2.24) is 4.98 Å². The third-order valence-electron chi connectivity index (χ3n) is 5.02. The fourth-order valence-electron chi connectivity index (χ4n) is 4.12. The summed E-state index contributed by atoms with van der Waals surface area (Å²) in [5.74, 6) is -2.16. The van der Waals surface area contributed by atoms with Gasteiger partial charge in [0.1, 0.15) is 0 Å². The molecule has 2 fully saturated rings. The van der Waals surface area contributed by atoms with Gasteiger partial charge in [-0.25, -0.2) is 4.98 Å². The van der Waals surface area contributed by atoms with E-state index in [1.807, 2.05) is 24.3 Å². The van der Waals surface area contributed by atoms with E-state index in [4.69, 9.17) is 0 Å². The van der Waals surface area contributed by atoms with Crippen molar-refractivity contribution in [3.63, 3.8) is 0 Å². The number of nitrogens with zero attached hydrogens (tertiary/aromatic N) is 1. The number of aliphatic carboxylic acids is 1. The van der Waals surface area contributed by atoms with Gasteiger partial charge in [0.25, 0.3) is 0 Å². The third-order valence-corrected chi connectivity index (χ3v) is 5.97. The molecule has 1 N–H and O–H groups in total. The van der Waals surface area contributed by atoms with Gasteiger partial charge in [0.2, 0.25) is 5.91 Å². The van der Waals surface area contributed by atoms with Crippen molar-refractivity contribution in [2.24, 2.45) is 23.7 Å². The van der Waals surface area contributed by atoms with E-state index in [2.05, 4.69) is 10.3 Å². The summed E-state index contributed by atoms with van der Waals surface area (Å²) in [4.78, 5) is 28.3. The number of aromatic nitrogens is 1. The molecular weight excluding hydrogens is 300 g/mol. The van der Waals surface area contributed by atoms with Crippen LogP contribution in [0.2, 0.25) is 0 Å². The average Bonchev–Trinajstić information content (AvgIpc) is 3.19. The maximum absolute atomic E-state index is 12.6. The zero-order chi connectivity index (χ0) is 15.3. The highest BCUT2D eigenvalue weighted by molar-refractivity contribution is 7.22. The van der Waals surface area contributed by atoms with E-state index in [9.17, 15) is 14.7 Å². The standard InChI is InChI=1S/C16H16N2O3S/c19-14(12-8-5-6-9(7-8)13(12)15(20)21)18-16-17-10-3-1-2-4-11(10)22-16/h1-4,8-9,12-13H,5-7H2,(H,20,21)(H,17,18,19)/p-1/t8-,9+,12-,13+/m1/s1. The predicted molar refractivity (Wildman–Crippen MR) is 81.1 cm³/mol. The number of para-hydroxylation sites is 1. The Balaban J connectivity index is 1.57. The summed E-state index contributed by atoms with van der Waals surface area (Å²) in [5.41, 5.74) is 0.840. The summed E-state index contributed by atoms with van der Waals surface area (Å²) in [6.07, 6.45) is 2.66. The van der Waals surface area contributed by atoms with Crippen LogP contribution in [0.5, 0.6) is 0 Å². The molecule has 0 aliphatic heterocycles. The maximum atomic E-state index is 12.6. The van der Waals surface area contributed by atoms with E-state index in [0.717, 1.165) is 29.5 Å². The Morgan fingerprint density at radius 2 is 1.91 bits per heavy atom. The smallest absolute Gasteiger partial charge is 0.230 e. The second-order valence-electron chi connectivity index (χ2n) is 6.18. The molecule has 1 heterocycles.